The first-order valence-corrected chi connectivity index (χ1v) is 10.6. The Kier molecular flexibility index (Phi) is 5.65. The lowest BCUT2D eigenvalue weighted by Gasteiger charge is -2.26. The van der Waals surface area contributed by atoms with Crippen LogP contribution in [-0.4, -0.2) is 32.3 Å². The highest BCUT2D eigenvalue weighted by molar-refractivity contribution is 7.09. The topological polar surface area (TPSA) is 85.0 Å². The summed E-state index contributed by atoms with van der Waals surface area (Å²) in [4.78, 5) is 27.5. The van der Waals surface area contributed by atoms with Crippen molar-refractivity contribution in [1.82, 2.24) is 19.9 Å². The summed E-state index contributed by atoms with van der Waals surface area (Å²) in [7, 11) is 0. The number of aryl methyl sites for hydroxylation is 1. The van der Waals surface area contributed by atoms with Crippen molar-refractivity contribution in [2.24, 2.45) is 0 Å². The van der Waals surface area contributed by atoms with Crippen molar-refractivity contribution in [2.45, 2.75) is 38.4 Å². The van der Waals surface area contributed by atoms with Gasteiger partial charge in [-0.15, -0.1) is 11.3 Å². The van der Waals surface area contributed by atoms with Gasteiger partial charge in [-0.2, -0.15) is 13.2 Å². The third kappa shape index (κ3) is 4.53. The van der Waals surface area contributed by atoms with Gasteiger partial charge in [0.25, 0.3) is 0 Å². The quantitative estimate of drug-likeness (QED) is 0.640. The molecule has 2 N–H and O–H groups in total. The van der Waals surface area contributed by atoms with Crippen LogP contribution in [0.5, 0.6) is 0 Å². The number of hydrogen-bond donors (Lipinski definition) is 1. The lowest BCUT2D eigenvalue weighted by Crippen LogP contribution is -2.32. The summed E-state index contributed by atoms with van der Waals surface area (Å²) in [6.45, 7) is 2.46. The van der Waals surface area contributed by atoms with Crippen molar-refractivity contribution in [2.75, 3.05) is 12.3 Å². The van der Waals surface area contributed by atoms with Gasteiger partial charge in [-0.25, -0.2) is 15.0 Å². The number of carbonyl (C=O) groups is 1. The fraction of sp³-hybridized carbons (Fsp3) is 0.333. The Labute approximate surface area is 181 Å². The Bertz CT molecular complexity index is 1100. The van der Waals surface area contributed by atoms with Gasteiger partial charge >= 0.3 is 6.18 Å². The van der Waals surface area contributed by atoms with Gasteiger partial charge in [0.1, 0.15) is 0 Å². The van der Waals surface area contributed by atoms with Gasteiger partial charge in [-0.3, -0.25) is 4.79 Å². The molecule has 6 nitrogen and oxygen atoms in total. The molecule has 1 amide bonds. The molecule has 0 bridgehead atoms. The molecule has 10 heteroatoms. The van der Waals surface area contributed by atoms with Crippen molar-refractivity contribution in [3.8, 4) is 11.1 Å². The first-order chi connectivity index (χ1) is 14.7. The maximum absolute atomic E-state index is 13.0. The highest BCUT2D eigenvalue weighted by Gasteiger charge is 2.34. The Morgan fingerprint density at radius 1 is 1.26 bits per heavy atom. The van der Waals surface area contributed by atoms with E-state index in [-0.39, 0.29) is 24.3 Å². The summed E-state index contributed by atoms with van der Waals surface area (Å²) in [5, 5.41) is 2.77. The zero-order chi connectivity index (χ0) is 22.2. The molecule has 1 atom stereocenters. The van der Waals surface area contributed by atoms with Crippen LogP contribution in [0.1, 0.15) is 40.8 Å². The predicted molar refractivity (Wildman–Crippen MR) is 111 cm³/mol. The minimum atomic E-state index is -4.41. The van der Waals surface area contributed by atoms with Gasteiger partial charge in [-0.05, 0) is 37.5 Å². The maximum atomic E-state index is 13.0. The molecule has 4 rings (SSSR count). The predicted octanol–water partition coefficient (Wildman–Crippen LogP) is 4.42. The lowest BCUT2D eigenvalue weighted by molar-refractivity contribution is -0.137. The highest BCUT2D eigenvalue weighted by Crippen LogP contribution is 2.38. The second-order valence-corrected chi connectivity index (χ2v) is 8.44. The molecule has 1 fully saturated rings. The Morgan fingerprint density at radius 2 is 2.00 bits per heavy atom. The number of likely N-dealkylation sites (tertiary alicyclic amines) is 1. The van der Waals surface area contributed by atoms with E-state index >= 15 is 0 Å². The van der Waals surface area contributed by atoms with Crippen molar-refractivity contribution in [3.63, 3.8) is 0 Å². The van der Waals surface area contributed by atoms with E-state index in [2.05, 4.69) is 15.0 Å². The van der Waals surface area contributed by atoms with Gasteiger partial charge in [-0.1, -0.05) is 12.1 Å². The van der Waals surface area contributed by atoms with Gasteiger partial charge in [0.2, 0.25) is 11.9 Å². The number of benzene rings is 1. The molecule has 1 unspecified atom stereocenters. The number of nitrogens with zero attached hydrogens (tertiary/aromatic N) is 4. The van der Waals surface area contributed by atoms with Crippen LogP contribution in [0.2, 0.25) is 0 Å². The number of rotatable bonds is 4. The number of anilines is 1. The van der Waals surface area contributed by atoms with Gasteiger partial charge in [0.15, 0.2) is 0 Å². The molecule has 0 saturated carbocycles. The minimum Gasteiger partial charge on any atom is -0.368 e. The van der Waals surface area contributed by atoms with Crippen LogP contribution in [-0.2, 0) is 17.4 Å². The van der Waals surface area contributed by atoms with Crippen LogP contribution in [0.4, 0.5) is 19.1 Å². The van der Waals surface area contributed by atoms with Crippen LogP contribution in [0, 0.1) is 6.92 Å². The van der Waals surface area contributed by atoms with Crippen LogP contribution in [0.25, 0.3) is 11.1 Å². The van der Waals surface area contributed by atoms with E-state index in [9.17, 15) is 18.0 Å². The van der Waals surface area contributed by atoms with E-state index < -0.39 is 11.7 Å². The summed E-state index contributed by atoms with van der Waals surface area (Å²) in [5.41, 5.74) is 7.47. The number of alkyl halides is 3. The molecule has 1 aromatic carbocycles. The second kappa shape index (κ2) is 8.26. The molecular formula is C21H20F3N5OS. The van der Waals surface area contributed by atoms with Crippen molar-refractivity contribution >= 4 is 23.2 Å². The summed E-state index contributed by atoms with van der Waals surface area (Å²) in [6.07, 6.45) is -1.24. The molecule has 0 radical (unpaired) electrons. The average molecular weight is 447 g/mol. The van der Waals surface area contributed by atoms with Gasteiger partial charge < -0.3 is 10.6 Å². The molecule has 1 aliphatic heterocycles. The molecule has 0 spiro atoms. The van der Waals surface area contributed by atoms with Crippen molar-refractivity contribution in [3.05, 3.63) is 57.8 Å². The first kappa shape index (κ1) is 21.2. The standard InChI is InChI=1S/C21H20F3N5OS/c1-12-27-15(11-31-12)9-18(30)29-8-2-3-17(29)19-16(10-26-20(25)28-19)13-4-6-14(7-5-13)21(22,23)24/h4-7,10-11,17H,2-3,8-9H2,1H3,(H2,25,26,28). The summed E-state index contributed by atoms with van der Waals surface area (Å²) < 4.78 is 38.8. The van der Waals surface area contributed by atoms with Crippen LogP contribution in [0.3, 0.4) is 0 Å². The minimum absolute atomic E-state index is 0.0556. The molecule has 1 saturated heterocycles. The average Bonchev–Trinajstić information content (AvgIpc) is 3.36. The summed E-state index contributed by atoms with van der Waals surface area (Å²) in [5.74, 6) is -0.0107. The van der Waals surface area contributed by atoms with Crippen LogP contribution >= 0.6 is 11.3 Å². The lowest BCUT2D eigenvalue weighted by atomic mass is 9.98. The molecular weight excluding hydrogens is 427 g/mol. The zero-order valence-corrected chi connectivity index (χ0v) is 17.5. The fourth-order valence-electron chi connectivity index (χ4n) is 3.82. The fourth-order valence-corrected chi connectivity index (χ4v) is 4.43. The van der Waals surface area contributed by atoms with E-state index in [1.807, 2.05) is 12.3 Å². The first-order valence-electron chi connectivity index (χ1n) is 9.73. The largest absolute Gasteiger partial charge is 0.416 e. The van der Waals surface area contributed by atoms with E-state index in [1.165, 1.54) is 29.7 Å². The second-order valence-electron chi connectivity index (χ2n) is 7.38. The Hall–Kier alpha value is -3.01. The molecule has 162 valence electrons. The van der Waals surface area contributed by atoms with E-state index in [4.69, 9.17) is 5.73 Å². The summed E-state index contributed by atoms with van der Waals surface area (Å²) in [6, 6.07) is 4.51. The number of hydrogen-bond acceptors (Lipinski definition) is 6. The van der Waals surface area contributed by atoms with Crippen LogP contribution in [0.15, 0.2) is 35.8 Å². The summed E-state index contributed by atoms with van der Waals surface area (Å²) >= 11 is 1.49. The zero-order valence-electron chi connectivity index (χ0n) is 16.7. The molecule has 31 heavy (non-hydrogen) atoms. The number of nitrogens with two attached hydrogens (primary N) is 1. The highest BCUT2D eigenvalue weighted by atomic mass is 32.1. The molecule has 0 aliphatic carbocycles. The third-order valence-electron chi connectivity index (χ3n) is 5.25. The Balaban J connectivity index is 1.65. The Morgan fingerprint density at radius 3 is 2.65 bits per heavy atom. The van der Waals surface area contributed by atoms with Crippen molar-refractivity contribution < 1.29 is 18.0 Å². The number of amides is 1. The molecule has 2 aromatic heterocycles. The monoisotopic (exact) mass is 447 g/mol. The number of halogens is 3. The smallest absolute Gasteiger partial charge is 0.368 e. The number of aromatic nitrogens is 3. The van der Waals surface area contributed by atoms with E-state index in [1.54, 1.807) is 4.90 Å². The normalized spacial score (nSPS) is 16.6. The maximum Gasteiger partial charge on any atom is 0.416 e. The molecule has 3 aromatic rings. The van der Waals surface area contributed by atoms with E-state index in [0.29, 0.717) is 29.8 Å². The third-order valence-corrected chi connectivity index (χ3v) is 6.07. The van der Waals surface area contributed by atoms with E-state index in [0.717, 1.165) is 29.3 Å². The SMILES string of the molecule is Cc1nc(CC(=O)N2CCCC2c2nc(N)ncc2-c2ccc(C(F)(F)F)cc2)cs1. The number of thiazole rings is 1. The number of nitrogen functional groups attached to an aromatic ring is 1. The molecule has 1 aliphatic rings. The number of carbonyl (C=O) groups excluding carboxylic acids is 1. The van der Waals surface area contributed by atoms with Gasteiger partial charge in [0, 0.05) is 23.7 Å². The van der Waals surface area contributed by atoms with Crippen molar-refractivity contribution in [1.29, 1.82) is 0 Å². The van der Waals surface area contributed by atoms with Gasteiger partial charge in [0.05, 0.1) is 34.4 Å². The van der Waals surface area contributed by atoms with Crippen LogP contribution < -0.4 is 5.73 Å². The molecule has 3 heterocycles.